The number of hydrogen-bond acceptors (Lipinski definition) is 4. The molecule has 1 aromatic carbocycles. The first-order valence-electron chi connectivity index (χ1n) is 7.07. The Morgan fingerprint density at radius 2 is 1.91 bits per heavy atom. The molecular formula is C17H17ClN2O3. The summed E-state index contributed by atoms with van der Waals surface area (Å²) < 4.78 is 4.80. The monoisotopic (exact) mass is 332 g/mol. The van der Waals surface area contributed by atoms with Crippen LogP contribution < -0.4 is 5.32 Å². The van der Waals surface area contributed by atoms with Gasteiger partial charge in [0, 0.05) is 12.4 Å². The molecule has 0 spiro atoms. The molecular weight excluding hydrogens is 316 g/mol. The van der Waals surface area contributed by atoms with Crippen LogP contribution in [-0.2, 0) is 9.53 Å². The largest absolute Gasteiger partial charge is 0.469 e. The lowest BCUT2D eigenvalue weighted by Crippen LogP contribution is -2.36. The molecule has 0 radical (unpaired) electrons. The predicted octanol–water partition coefficient (Wildman–Crippen LogP) is 3.02. The maximum atomic E-state index is 12.5. The van der Waals surface area contributed by atoms with Gasteiger partial charge in [-0.2, -0.15) is 0 Å². The Hall–Kier alpha value is -2.40. The summed E-state index contributed by atoms with van der Waals surface area (Å²) in [6.07, 6.45) is 2.89. The molecule has 1 amide bonds. The lowest BCUT2D eigenvalue weighted by molar-refractivity contribution is -0.145. The molecule has 2 aromatic rings. The van der Waals surface area contributed by atoms with Gasteiger partial charge in [0.25, 0.3) is 5.91 Å². The Morgan fingerprint density at radius 3 is 2.52 bits per heavy atom. The van der Waals surface area contributed by atoms with Crippen molar-refractivity contribution in [1.82, 2.24) is 10.3 Å². The van der Waals surface area contributed by atoms with Gasteiger partial charge >= 0.3 is 5.97 Å². The van der Waals surface area contributed by atoms with Gasteiger partial charge in [0.2, 0.25) is 0 Å². The van der Waals surface area contributed by atoms with Crippen molar-refractivity contribution in [3.05, 3.63) is 64.9 Å². The molecule has 23 heavy (non-hydrogen) atoms. The van der Waals surface area contributed by atoms with Crippen molar-refractivity contribution in [1.29, 1.82) is 0 Å². The molecule has 6 heteroatoms. The van der Waals surface area contributed by atoms with Crippen molar-refractivity contribution in [2.45, 2.75) is 13.0 Å². The zero-order chi connectivity index (χ0) is 16.8. The van der Waals surface area contributed by atoms with E-state index in [-0.39, 0.29) is 10.9 Å². The van der Waals surface area contributed by atoms with E-state index in [1.54, 1.807) is 6.92 Å². The van der Waals surface area contributed by atoms with Crippen LogP contribution in [-0.4, -0.2) is 24.0 Å². The third-order valence-corrected chi connectivity index (χ3v) is 3.84. The molecule has 0 aliphatic carbocycles. The second-order valence-electron chi connectivity index (χ2n) is 5.03. The second-order valence-corrected chi connectivity index (χ2v) is 5.44. The van der Waals surface area contributed by atoms with E-state index in [9.17, 15) is 9.59 Å². The molecule has 0 saturated heterocycles. The van der Waals surface area contributed by atoms with Crippen molar-refractivity contribution in [2.24, 2.45) is 5.92 Å². The maximum absolute atomic E-state index is 12.5. The van der Waals surface area contributed by atoms with Crippen molar-refractivity contribution in [2.75, 3.05) is 7.11 Å². The molecule has 5 nitrogen and oxygen atoms in total. The number of hydrogen-bond donors (Lipinski definition) is 1. The third kappa shape index (κ3) is 4.07. The molecule has 0 fully saturated rings. The van der Waals surface area contributed by atoms with E-state index in [0.717, 1.165) is 5.56 Å². The van der Waals surface area contributed by atoms with Gasteiger partial charge in [-0.3, -0.25) is 14.6 Å². The Labute approximate surface area is 139 Å². The summed E-state index contributed by atoms with van der Waals surface area (Å²) >= 11 is 6.00. The van der Waals surface area contributed by atoms with Crippen LogP contribution in [0, 0.1) is 5.92 Å². The SMILES string of the molecule is COC(=O)[C@H](C)[C@H](NC(=O)c1ccncc1Cl)c1ccccc1. The van der Waals surface area contributed by atoms with Gasteiger partial charge in [-0.1, -0.05) is 41.9 Å². The summed E-state index contributed by atoms with van der Waals surface area (Å²) in [5.74, 6) is -1.33. The smallest absolute Gasteiger partial charge is 0.310 e. The average molecular weight is 333 g/mol. The lowest BCUT2D eigenvalue weighted by atomic mass is 9.94. The standard InChI is InChI=1S/C17H17ClN2O3/c1-11(17(22)23-2)15(12-6-4-3-5-7-12)20-16(21)13-8-9-19-10-14(13)18/h3-11,15H,1-2H3,(H,20,21)/t11-,15+/m1/s1. The number of carbonyl (C=O) groups excluding carboxylic acids is 2. The van der Waals surface area contributed by atoms with Gasteiger partial charge in [-0.25, -0.2) is 0 Å². The average Bonchev–Trinajstić information content (AvgIpc) is 2.59. The van der Waals surface area contributed by atoms with Crippen LogP contribution in [0.2, 0.25) is 5.02 Å². The molecule has 2 rings (SSSR count). The van der Waals surface area contributed by atoms with Crippen LogP contribution in [0.25, 0.3) is 0 Å². The topological polar surface area (TPSA) is 68.3 Å². The number of nitrogens with zero attached hydrogens (tertiary/aromatic N) is 1. The Morgan fingerprint density at radius 1 is 1.22 bits per heavy atom. The van der Waals surface area contributed by atoms with Crippen molar-refractivity contribution in [3.8, 4) is 0 Å². The van der Waals surface area contributed by atoms with E-state index < -0.39 is 17.9 Å². The number of esters is 1. The quantitative estimate of drug-likeness (QED) is 0.855. The normalized spacial score (nSPS) is 13.0. The molecule has 120 valence electrons. The molecule has 0 unspecified atom stereocenters. The first kappa shape index (κ1) is 17.0. The predicted molar refractivity (Wildman–Crippen MR) is 87.1 cm³/mol. The molecule has 1 N–H and O–H groups in total. The molecule has 1 aromatic heterocycles. The highest BCUT2D eigenvalue weighted by atomic mass is 35.5. The first-order valence-corrected chi connectivity index (χ1v) is 7.45. The van der Waals surface area contributed by atoms with Gasteiger partial charge in [0.05, 0.1) is 29.7 Å². The van der Waals surface area contributed by atoms with Crippen LogP contribution in [0.5, 0.6) is 0 Å². The maximum Gasteiger partial charge on any atom is 0.310 e. The van der Waals surface area contributed by atoms with E-state index in [2.05, 4.69) is 10.3 Å². The number of carbonyl (C=O) groups is 2. The van der Waals surface area contributed by atoms with Gasteiger partial charge < -0.3 is 10.1 Å². The zero-order valence-electron chi connectivity index (χ0n) is 12.8. The number of benzene rings is 1. The number of ether oxygens (including phenoxy) is 1. The number of rotatable bonds is 5. The molecule has 0 aliphatic rings. The molecule has 2 atom stereocenters. The van der Waals surface area contributed by atoms with Gasteiger partial charge in [0.1, 0.15) is 0 Å². The van der Waals surface area contributed by atoms with Crippen molar-refractivity contribution < 1.29 is 14.3 Å². The van der Waals surface area contributed by atoms with E-state index in [1.807, 2.05) is 30.3 Å². The number of nitrogens with one attached hydrogen (secondary N) is 1. The van der Waals surface area contributed by atoms with Gasteiger partial charge in [0.15, 0.2) is 0 Å². The number of amides is 1. The van der Waals surface area contributed by atoms with Gasteiger partial charge in [-0.05, 0) is 18.6 Å². The number of pyridine rings is 1. The van der Waals surface area contributed by atoms with E-state index in [4.69, 9.17) is 16.3 Å². The van der Waals surface area contributed by atoms with Crippen molar-refractivity contribution in [3.63, 3.8) is 0 Å². The van der Waals surface area contributed by atoms with Crippen LogP contribution in [0.3, 0.4) is 0 Å². The van der Waals surface area contributed by atoms with Crippen LogP contribution >= 0.6 is 11.6 Å². The highest BCUT2D eigenvalue weighted by Crippen LogP contribution is 2.24. The minimum absolute atomic E-state index is 0.252. The van der Waals surface area contributed by atoms with E-state index >= 15 is 0 Å². The fourth-order valence-corrected chi connectivity index (χ4v) is 2.46. The Kier molecular flexibility index (Phi) is 5.71. The number of aromatic nitrogens is 1. The minimum atomic E-state index is -0.549. The van der Waals surface area contributed by atoms with Crippen LogP contribution in [0.15, 0.2) is 48.8 Å². The molecule has 0 bridgehead atoms. The highest BCUT2D eigenvalue weighted by Gasteiger charge is 2.28. The van der Waals surface area contributed by atoms with E-state index in [1.165, 1.54) is 25.6 Å². The Bertz CT molecular complexity index is 691. The molecule has 1 heterocycles. The fourth-order valence-electron chi connectivity index (χ4n) is 2.26. The summed E-state index contributed by atoms with van der Waals surface area (Å²) in [5.41, 5.74) is 1.11. The lowest BCUT2D eigenvalue weighted by Gasteiger charge is -2.24. The van der Waals surface area contributed by atoms with E-state index in [0.29, 0.717) is 5.56 Å². The minimum Gasteiger partial charge on any atom is -0.469 e. The first-order chi connectivity index (χ1) is 11.0. The van der Waals surface area contributed by atoms with Crippen LogP contribution in [0.4, 0.5) is 0 Å². The summed E-state index contributed by atoms with van der Waals surface area (Å²) in [5, 5.41) is 3.11. The second kappa shape index (κ2) is 7.74. The summed E-state index contributed by atoms with van der Waals surface area (Å²) in [6.45, 7) is 1.71. The van der Waals surface area contributed by atoms with Crippen LogP contribution in [0.1, 0.15) is 28.9 Å². The van der Waals surface area contributed by atoms with Gasteiger partial charge in [-0.15, -0.1) is 0 Å². The summed E-state index contributed by atoms with van der Waals surface area (Å²) in [6, 6.07) is 10.3. The highest BCUT2D eigenvalue weighted by molar-refractivity contribution is 6.33. The fraction of sp³-hybridized carbons (Fsp3) is 0.235. The number of methoxy groups -OCH3 is 1. The zero-order valence-corrected chi connectivity index (χ0v) is 13.6. The number of halogens is 1. The van der Waals surface area contributed by atoms with Crippen molar-refractivity contribution >= 4 is 23.5 Å². The summed E-state index contributed by atoms with van der Waals surface area (Å²) in [4.78, 5) is 28.2. The summed E-state index contributed by atoms with van der Waals surface area (Å²) in [7, 11) is 1.32. The molecule has 0 aliphatic heterocycles. The molecule has 0 saturated carbocycles. The Balaban J connectivity index is 2.30. The third-order valence-electron chi connectivity index (χ3n) is 3.54.